The summed E-state index contributed by atoms with van der Waals surface area (Å²) >= 11 is 0. The third-order valence-corrected chi connectivity index (χ3v) is 11.0. The SMILES string of the molecule is CC(=O)OCC(=O)[C@@]1(C#CCO)CC[C@H]2[C@@H]3CC(F)C4=CC(=O)CCC4=C3[C@@H](c3ccc(N4CCCC4)cc3)C[C@@]21C. The first-order chi connectivity index (χ1) is 20.2. The molecule has 1 saturated heterocycles. The number of aliphatic hydroxyl groups excluding tert-OH is 1. The van der Waals surface area contributed by atoms with Crippen molar-refractivity contribution in [2.24, 2.45) is 22.7 Å². The molecule has 2 saturated carbocycles. The van der Waals surface area contributed by atoms with Crippen molar-refractivity contribution >= 4 is 23.2 Å². The summed E-state index contributed by atoms with van der Waals surface area (Å²) in [5.74, 6) is 5.00. The van der Waals surface area contributed by atoms with Crippen LogP contribution in [0.2, 0.25) is 0 Å². The Morgan fingerprint density at radius 1 is 1.17 bits per heavy atom. The minimum atomic E-state index is -1.23. The predicted octanol–water partition coefficient (Wildman–Crippen LogP) is 5.25. The molecule has 7 heteroatoms. The molecule has 6 nitrogen and oxygen atoms in total. The van der Waals surface area contributed by atoms with Gasteiger partial charge in [-0.1, -0.05) is 36.5 Å². The molecule has 0 radical (unpaired) electrons. The monoisotopic (exact) mass is 573 g/mol. The number of carbonyl (C=O) groups excluding carboxylic acids is 3. The lowest BCUT2D eigenvalue weighted by Crippen LogP contribution is -2.52. The molecule has 3 fully saturated rings. The Bertz CT molecular complexity index is 1410. The molecule has 42 heavy (non-hydrogen) atoms. The van der Waals surface area contributed by atoms with Gasteiger partial charge in [0, 0.05) is 38.0 Å². The first-order valence-corrected chi connectivity index (χ1v) is 15.4. The molecule has 1 aliphatic heterocycles. The summed E-state index contributed by atoms with van der Waals surface area (Å²) in [7, 11) is 0. The van der Waals surface area contributed by atoms with Gasteiger partial charge in [0.25, 0.3) is 0 Å². The summed E-state index contributed by atoms with van der Waals surface area (Å²) in [5.41, 5.74) is 3.35. The van der Waals surface area contributed by atoms with Crippen LogP contribution in [0.1, 0.15) is 76.7 Å². The van der Waals surface area contributed by atoms with Crippen molar-refractivity contribution in [2.75, 3.05) is 31.2 Å². The zero-order valence-corrected chi connectivity index (χ0v) is 24.6. The van der Waals surface area contributed by atoms with Crippen molar-refractivity contribution in [3.63, 3.8) is 0 Å². The van der Waals surface area contributed by atoms with E-state index in [0.717, 1.165) is 24.2 Å². The van der Waals surface area contributed by atoms with Crippen LogP contribution in [0.4, 0.5) is 10.1 Å². The highest BCUT2D eigenvalue weighted by atomic mass is 19.1. The van der Waals surface area contributed by atoms with Gasteiger partial charge in [0.2, 0.25) is 0 Å². The van der Waals surface area contributed by atoms with Gasteiger partial charge in [-0.15, -0.1) is 0 Å². The van der Waals surface area contributed by atoms with E-state index in [1.165, 1.54) is 37.1 Å². The number of esters is 1. The van der Waals surface area contributed by atoms with E-state index < -0.39 is 23.0 Å². The van der Waals surface area contributed by atoms with Gasteiger partial charge in [-0.2, -0.15) is 0 Å². The van der Waals surface area contributed by atoms with Crippen molar-refractivity contribution in [3.05, 3.63) is 52.6 Å². The number of ether oxygens (including phenoxy) is 1. The van der Waals surface area contributed by atoms with Crippen LogP contribution in [-0.2, 0) is 19.1 Å². The fraction of sp³-hybridized carbons (Fsp3) is 0.571. The number of rotatable bonds is 5. The molecule has 1 N–H and O–H groups in total. The van der Waals surface area contributed by atoms with Crippen molar-refractivity contribution in [2.45, 2.75) is 77.3 Å². The molecule has 6 rings (SSSR count). The average molecular weight is 574 g/mol. The predicted molar refractivity (Wildman–Crippen MR) is 157 cm³/mol. The van der Waals surface area contributed by atoms with Crippen LogP contribution in [0.25, 0.3) is 0 Å². The third-order valence-electron chi connectivity index (χ3n) is 11.0. The lowest BCUT2D eigenvalue weighted by Gasteiger charge is -2.55. The highest BCUT2D eigenvalue weighted by Gasteiger charge is 2.66. The molecule has 4 aliphatic carbocycles. The van der Waals surface area contributed by atoms with Crippen molar-refractivity contribution in [3.8, 4) is 11.8 Å². The highest BCUT2D eigenvalue weighted by Crippen LogP contribution is 2.69. The van der Waals surface area contributed by atoms with E-state index in [0.29, 0.717) is 37.7 Å². The molecule has 5 aliphatic rings. The van der Waals surface area contributed by atoms with Crippen molar-refractivity contribution < 1.29 is 28.6 Å². The number of halogens is 1. The van der Waals surface area contributed by atoms with Gasteiger partial charge < -0.3 is 14.7 Å². The van der Waals surface area contributed by atoms with Crippen LogP contribution in [0.15, 0.2) is 47.1 Å². The molecule has 222 valence electrons. The number of ketones is 2. The zero-order chi connectivity index (χ0) is 29.6. The average Bonchev–Trinajstić information content (AvgIpc) is 3.62. The summed E-state index contributed by atoms with van der Waals surface area (Å²) in [5, 5.41) is 9.67. The second kappa shape index (κ2) is 11.1. The van der Waals surface area contributed by atoms with Gasteiger partial charge in [-0.3, -0.25) is 14.4 Å². The van der Waals surface area contributed by atoms with Crippen LogP contribution in [0, 0.1) is 34.5 Å². The van der Waals surface area contributed by atoms with Gasteiger partial charge in [-0.05, 0) is 97.1 Å². The Kier molecular flexibility index (Phi) is 7.64. The lowest BCUT2D eigenvalue weighted by molar-refractivity contribution is -0.150. The molecule has 0 aromatic heterocycles. The van der Waals surface area contributed by atoms with Crippen LogP contribution < -0.4 is 4.90 Å². The Morgan fingerprint density at radius 2 is 1.90 bits per heavy atom. The number of hydrogen-bond acceptors (Lipinski definition) is 6. The van der Waals surface area contributed by atoms with E-state index in [4.69, 9.17) is 4.74 Å². The first-order valence-electron chi connectivity index (χ1n) is 15.4. The Labute approximate surface area is 247 Å². The molecule has 0 amide bonds. The van der Waals surface area contributed by atoms with E-state index >= 15 is 4.39 Å². The maximum absolute atomic E-state index is 15.9. The lowest BCUT2D eigenvalue weighted by atomic mass is 9.48. The topological polar surface area (TPSA) is 83.9 Å². The fourth-order valence-corrected chi connectivity index (χ4v) is 9.07. The van der Waals surface area contributed by atoms with E-state index in [1.807, 2.05) is 0 Å². The molecule has 1 unspecified atom stereocenters. The highest BCUT2D eigenvalue weighted by molar-refractivity contribution is 5.93. The number of hydrogen-bond donors (Lipinski definition) is 1. The normalized spacial score (nSPS) is 33.7. The van der Waals surface area contributed by atoms with Crippen molar-refractivity contribution in [1.82, 2.24) is 0 Å². The minimum Gasteiger partial charge on any atom is -0.458 e. The maximum atomic E-state index is 15.9. The van der Waals surface area contributed by atoms with E-state index in [2.05, 4.69) is 47.9 Å². The van der Waals surface area contributed by atoms with Crippen LogP contribution in [-0.4, -0.2) is 55.1 Å². The summed E-state index contributed by atoms with van der Waals surface area (Å²) in [6, 6.07) is 8.72. The summed E-state index contributed by atoms with van der Waals surface area (Å²) < 4.78 is 21.1. The van der Waals surface area contributed by atoms with Gasteiger partial charge in [-0.25, -0.2) is 4.39 Å². The number of benzene rings is 1. The standard InChI is InChI=1S/C35H40FNO5/c1-22(39)42-21-32(41)35(13-5-17-38)14-12-30-28-19-31(36)27-18-25(40)10-11-26(27)33(28)29(20-34(30,35)2)23-6-8-24(9-7-23)37-15-3-4-16-37/h6-9,18,28-31,38H,3-4,10-12,14-17,19-21H2,1-2H3/t28-,29+,30-,31?,34-,35+/m0/s1. The fourth-order valence-electron chi connectivity index (χ4n) is 9.07. The number of allylic oxidation sites excluding steroid dienone is 4. The summed E-state index contributed by atoms with van der Waals surface area (Å²) in [6.07, 6.45) is 5.69. The molecule has 0 bridgehead atoms. The van der Waals surface area contributed by atoms with Crippen LogP contribution >= 0.6 is 0 Å². The maximum Gasteiger partial charge on any atom is 0.303 e. The summed E-state index contributed by atoms with van der Waals surface area (Å²) in [4.78, 5) is 40.4. The molecule has 0 spiro atoms. The van der Waals surface area contributed by atoms with E-state index in [-0.39, 0.29) is 49.0 Å². The van der Waals surface area contributed by atoms with Gasteiger partial charge in [0.05, 0.1) is 5.41 Å². The smallest absolute Gasteiger partial charge is 0.303 e. The number of aliphatic hydroxyl groups is 1. The quantitative estimate of drug-likeness (QED) is 0.383. The number of anilines is 1. The van der Waals surface area contributed by atoms with Gasteiger partial charge >= 0.3 is 5.97 Å². The molecular weight excluding hydrogens is 533 g/mol. The number of Topliss-reactive ketones (excluding diaryl/α,β-unsaturated/α-hetero) is 1. The van der Waals surface area contributed by atoms with Crippen LogP contribution in [0.3, 0.4) is 0 Å². The molecule has 1 aromatic rings. The minimum absolute atomic E-state index is 0.00757. The van der Waals surface area contributed by atoms with Gasteiger partial charge in [0.1, 0.15) is 12.8 Å². The Hall–Kier alpha value is -3.24. The molecule has 6 atom stereocenters. The van der Waals surface area contributed by atoms with Crippen molar-refractivity contribution in [1.29, 1.82) is 0 Å². The van der Waals surface area contributed by atoms with E-state index in [9.17, 15) is 19.5 Å². The van der Waals surface area contributed by atoms with E-state index in [1.54, 1.807) is 0 Å². The molecule has 1 heterocycles. The first kappa shape index (κ1) is 28.9. The largest absolute Gasteiger partial charge is 0.458 e. The zero-order valence-electron chi connectivity index (χ0n) is 24.6. The van der Waals surface area contributed by atoms with Crippen LogP contribution in [0.5, 0.6) is 0 Å². The summed E-state index contributed by atoms with van der Waals surface area (Å²) in [6.45, 7) is 4.75. The third kappa shape index (κ3) is 4.63. The number of alkyl halides is 1. The number of fused-ring (bicyclic) bond motifs is 4. The Morgan fingerprint density at radius 3 is 2.60 bits per heavy atom. The Balaban J connectivity index is 1.49. The second-order valence-corrected chi connectivity index (χ2v) is 13.0. The second-order valence-electron chi connectivity index (χ2n) is 13.0. The number of carbonyl (C=O) groups is 3. The molecule has 1 aromatic carbocycles. The molecular formula is C35H40FNO5. The number of nitrogens with zero attached hydrogens (tertiary/aromatic N) is 1. The van der Waals surface area contributed by atoms with Gasteiger partial charge in [0.15, 0.2) is 18.2 Å².